The Bertz CT molecular complexity index is 805. The Morgan fingerprint density at radius 1 is 1.00 bits per heavy atom. The maximum absolute atomic E-state index is 9.29. The van der Waals surface area contributed by atoms with Gasteiger partial charge in [-0.25, -0.2) is 0 Å². The van der Waals surface area contributed by atoms with Crippen molar-refractivity contribution in [1.82, 2.24) is 5.32 Å². The Morgan fingerprint density at radius 3 is 2.30 bits per heavy atom. The maximum atomic E-state index is 9.29. The van der Waals surface area contributed by atoms with Crippen molar-refractivity contribution < 1.29 is 4.74 Å². The van der Waals surface area contributed by atoms with Crippen LogP contribution in [0.1, 0.15) is 5.56 Å². The van der Waals surface area contributed by atoms with E-state index in [-0.39, 0.29) is 5.16 Å². The highest BCUT2D eigenvalue weighted by Crippen LogP contribution is 2.32. The van der Waals surface area contributed by atoms with E-state index in [0.717, 1.165) is 11.3 Å². The molecule has 1 atom stereocenters. The fraction of sp³-hybridized carbons (Fsp3) is 0.0556. The van der Waals surface area contributed by atoms with E-state index in [9.17, 15) is 5.26 Å². The van der Waals surface area contributed by atoms with Crippen molar-refractivity contribution in [3.8, 4) is 17.6 Å². The van der Waals surface area contributed by atoms with E-state index in [0.29, 0.717) is 16.9 Å². The number of hydrogen-bond acceptors (Lipinski definition) is 3. The summed E-state index contributed by atoms with van der Waals surface area (Å²) < 4.78 is 5.76. The summed E-state index contributed by atoms with van der Waals surface area (Å²) in [6.45, 7) is 0. The lowest BCUT2D eigenvalue weighted by molar-refractivity contribution is 0.482. The Morgan fingerprint density at radius 2 is 1.65 bits per heavy atom. The number of ether oxygens (including phenoxy) is 1. The van der Waals surface area contributed by atoms with E-state index in [4.69, 9.17) is 27.9 Å². The number of benzene rings is 2. The standard InChI is InChI=1S/C18H12Cl2N2O/c19-17-10-15(16(11-21)18(20)22-17)12-6-8-14(9-7-12)23-13-4-2-1-3-5-13/h1-10,17,22H. The van der Waals surface area contributed by atoms with Crippen molar-refractivity contribution in [3.63, 3.8) is 0 Å². The van der Waals surface area contributed by atoms with E-state index >= 15 is 0 Å². The van der Waals surface area contributed by atoms with E-state index in [1.54, 1.807) is 6.08 Å². The Labute approximate surface area is 144 Å². The van der Waals surface area contributed by atoms with E-state index < -0.39 is 5.50 Å². The first kappa shape index (κ1) is 15.5. The number of hydrogen-bond donors (Lipinski definition) is 1. The molecule has 114 valence electrons. The van der Waals surface area contributed by atoms with E-state index in [1.807, 2.05) is 54.6 Å². The summed E-state index contributed by atoms with van der Waals surface area (Å²) >= 11 is 12.1. The number of alkyl halides is 1. The summed E-state index contributed by atoms with van der Waals surface area (Å²) in [6, 6.07) is 19.1. The number of nitrogens with zero attached hydrogens (tertiary/aromatic N) is 1. The van der Waals surface area contributed by atoms with Crippen molar-refractivity contribution in [2.24, 2.45) is 0 Å². The molecule has 1 unspecified atom stereocenters. The molecule has 0 aromatic heterocycles. The van der Waals surface area contributed by atoms with Crippen molar-refractivity contribution in [2.75, 3.05) is 0 Å². The average molecular weight is 343 g/mol. The zero-order valence-electron chi connectivity index (χ0n) is 12.0. The van der Waals surface area contributed by atoms with Crippen molar-refractivity contribution in [1.29, 1.82) is 5.26 Å². The topological polar surface area (TPSA) is 45.0 Å². The third-order valence-electron chi connectivity index (χ3n) is 3.32. The van der Waals surface area contributed by atoms with Crippen LogP contribution in [-0.4, -0.2) is 5.50 Å². The van der Waals surface area contributed by atoms with Gasteiger partial charge in [0.15, 0.2) is 0 Å². The second-order valence-electron chi connectivity index (χ2n) is 4.87. The molecule has 23 heavy (non-hydrogen) atoms. The molecule has 0 saturated carbocycles. The van der Waals surface area contributed by atoms with Gasteiger partial charge in [-0.05, 0) is 35.9 Å². The quantitative estimate of drug-likeness (QED) is 0.630. The summed E-state index contributed by atoms with van der Waals surface area (Å²) in [6.07, 6.45) is 1.76. The van der Waals surface area contributed by atoms with Gasteiger partial charge in [0.2, 0.25) is 0 Å². The number of rotatable bonds is 3. The molecule has 2 aromatic rings. The summed E-state index contributed by atoms with van der Waals surface area (Å²) in [4.78, 5) is 0. The molecule has 0 fully saturated rings. The lowest BCUT2D eigenvalue weighted by atomic mass is 9.97. The molecule has 0 spiro atoms. The molecular weight excluding hydrogens is 331 g/mol. The fourth-order valence-corrected chi connectivity index (χ4v) is 2.81. The van der Waals surface area contributed by atoms with Gasteiger partial charge in [-0.1, -0.05) is 53.5 Å². The molecule has 3 nitrogen and oxygen atoms in total. The minimum absolute atomic E-state index is 0.259. The molecule has 5 heteroatoms. The summed E-state index contributed by atoms with van der Waals surface area (Å²) in [7, 11) is 0. The van der Waals surface area contributed by atoms with Gasteiger partial charge in [0, 0.05) is 5.57 Å². The second-order valence-corrected chi connectivity index (χ2v) is 5.71. The summed E-state index contributed by atoms with van der Waals surface area (Å²) in [5.74, 6) is 1.48. The lowest BCUT2D eigenvalue weighted by Crippen LogP contribution is -2.24. The predicted molar refractivity (Wildman–Crippen MR) is 92.2 cm³/mol. The van der Waals surface area contributed by atoms with Crippen LogP contribution in [-0.2, 0) is 0 Å². The maximum Gasteiger partial charge on any atom is 0.127 e. The van der Waals surface area contributed by atoms with Gasteiger partial charge < -0.3 is 10.1 Å². The monoisotopic (exact) mass is 342 g/mol. The first-order valence-electron chi connectivity index (χ1n) is 6.93. The zero-order chi connectivity index (χ0) is 16.2. The molecular formula is C18H12Cl2N2O. The van der Waals surface area contributed by atoms with Crippen LogP contribution in [0.3, 0.4) is 0 Å². The minimum atomic E-state index is -0.449. The van der Waals surface area contributed by atoms with Crippen molar-refractivity contribution >= 4 is 28.8 Å². The Balaban J connectivity index is 1.86. The zero-order valence-corrected chi connectivity index (χ0v) is 13.5. The molecule has 1 aliphatic heterocycles. The van der Waals surface area contributed by atoms with Crippen LogP contribution in [0, 0.1) is 11.3 Å². The molecule has 0 radical (unpaired) electrons. The summed E-state index contributed by atoms with van der Waals surface area (Å²) in [5.41, 5.74) is 1.49. The normalized spacial score (nSPS) is 17.1. The van der Waals surface area contributed by atoms with Crippen LogP contribution < -0.4 is 10.1 Å². The van der Waals surface area contributed by atoms with Gasteiger partial charge in [-0.3, -0.25) is 0 Å². The van der Waals surface area contributed by atoms with Gasteiger partial charge >= 0.3 is 0 Å². The van der Waals surface area contributed by atoms with Crippen LogP contribution in [0.2, 0.25) is 0 Å². The number of dihydropyridines is 1. The van der Waals surface area contributed by atoms with E-state index in [1.165, 1.54) is 0 Å². The van der Waals surface area contributed by atoms with Gasteiger partial charge in [-0.2, -0.15) is 5.26 Å². The van der Waals surface area contributed by atoms with Crippen LogP contribution in [0.15, 0.2) is 71.4 Å². The molecule has 0 amide bonds. The minimum Gasteiger partial charge on any atom is -0.457 e. The predicted octanol–water partition coefficient (Wildman–Crippen LogP) is 5.00. The Hall–Kier alpha value is -2.41. The number of nitriles is 1. The fourth-order valence-electron chi connectivity index (χ4n) is 2.26. The smallest absolute Gasteiger partial charge is 0.127 e. The van der Waals surface area contributed by atoms with Gasteiger partial charge in [-0.15, -0.1) is 0 Å². The third-order valence-corrected chi connectivity index (χ3v) is 3.86. The number of allylic oxidation sites excluding steroid dienone is 2. The highest BCUT2D eigenvalue weighted by molar-refractivity contribution is 6.32. The molecule has 1 heterocycles. The average Bonchev–Trinajstić information content (AvgIpc) is 2.56. The van der Waals surface area contributed by atoms with Crippen molar-refractivity contribution in [3.05, 3.63) is 77.0 Å². The molecule has 3 rings (SSSR count). The van der Waals surface area contributed by atoms with E-state index in [2.05, 4.69) is 11.4 Å². The first-order valence-corrected chi connectivity index (χ1v) is 7.75. The highest BCUT2D eigenvalue weighted by Gasteiger charge is 2.20. The van der Waals surface area contributed by atoms with Crippen LogP contribution in [0.25, 0.3) is 5.57 Å². The number of halogens is 2. The molecule has 0 saturated heterocycles. The Kier molecular flexibility index (Phi) is 4.57. The lowest BCUT2D eigenvalue weighted by Gasteiger charge is -2.19. The number of para-hydroxylation sites is 1. The summed E-state index contributed by atoms with van der Waals surface area (Å²) in [5, 5.41) is 12.4. The highest BCUT2D eigenvalue weighted by atomic mass is 35.5. The van der Waals surface area contributed by atoms with Gasteiger partial charge in [0.1, 0.15) is 28.2 Å². The van der Waals surface area contributed by atoms with Crippen LogP contribution >= 0.6 is 23.2 Å². The van der Waals surface area contributed by atoms with Crippen LogP contribution in [0.4, 0.5) is 0 Å². The number of nitrogens with one attached hydrogen (secondary N) is 1. The molecule has 2 aromatic carbocycles. The largest absolute Gasteiger partial charge is 0.457 e. The molecule has 0 aliphatic carbocycles. The first-order chi connectivity index (χ1) is 11.2. The van der Waals surface area contributed by atoms with Gasteiger partial charge in [0.25, 0.3) is 0 Å². The second kappa shape index (κ2) is 6.78. The van der Waals surface area contributed by atoms with Gasteiger partial charge in [0.05, 0.1) is 5.57 Å². The molecule has 1 N–H and O–H groups in total. The third kappa shape index (κ3) is 3.50. The van der Waals surface area contributed by atoms with Crippen molar-refractivity contribution in [2.45, 2.75) is 5.50 Å². The molecule has 1 aliphatic rings. The van der Waals surface area contributed by atoms with Crippen LogP contribution in [0.5, 0.6) is 11.5 Å². The molecule has 0 bridgehead atoms. The SMILES string of the molecule is N#CC1=C(Cl)NC(Cl)C=C1c1ccc(Oc2ccccc2)cc1.